The number of carbonyl (C=O) groups is 1. The molecule has 9 nitrogen and oxygen atoms in total. The number of piperidine rings is 2. The number of anilines is 1. The Morgan fingerprint density at radius 2 is 1.71 bits per heavy atom. The number of rotatable bonds is 12. The summed E-state index contributed by atoms with van der Waals surface area (Å²) >= 11 is 0. The van der Waals surface area contributed by atoms with Crippen LogP contribution in [0.4, 0.5) is 5.82 Å². The predicted octanol–water partition coefficient (Wildman–Crippen LogP) is 6.95. The minimum Gasteiger partial charge on any atom is -0.481 e. The van der Waals surface area contributed by atoms with E-state index in [0.29, 0.717) is 30.5 Å². The molecular formula is C40H55N7O2. The topological polar surface area (TPSA) is 108 Å². The number of hydrogen-bond donors (Lipinski definition) is 3. The molecule has 3 aliphatic carbocycles. The number of nitrogens with one attached hydrogen (secondary N) is 2. The van der Waals surface area contributed by atoms with Gasteiger partial charge in [-0.05, 0) is 107 Å². The fourth-order valence-corrected chi connectivity index (χ4v) is 9.86. The third-order valence-electron chi connectivity index (χ3n) is 12.9. The van der Waals surface area contributed by atoms with Gasteiger partial charge in [0.25, 0.3) is 0 Å². The molecule has 0 radical (unpaired) electrons. The standard InChI is InChI=1S/C40H55N7O2/c1-46-25-31(23-42-46)36(26-47-32-9-5-10-33(47)12-6-11-32)44-38-34-21-30(28-7-3-2-4-8-28)17-18-35(34)43-37(45-38)24-41-40(19-20-40)22-27-13-15-29(16-14-27)39(48)49/h2-4,7-8,23,25,27,29-30,32-33,36,41H,5-6,9-22,24,26H2,1H3,(H,48,49)(H,43,44,45)/t27?,29?,30-,32?,33?,36+/m1/s1. The van der Waals surface area contributed by atoms with E-state index in [1.807, 2.05) is 17.9 Å². The van der Waals surface area contributed by atoms with Gasteiger partial charge < -0.3 is 15.7 Å². The number of aliphatic carboxylic acids is 1. The lowest BCUT2D eigenvalue weighted by Gasteiger charge is -2.47. The Hall–Kier alpha value is -3.30. The van der Waals surface area contributed by atoms with E-state index in [0.717, 1.165) is 69.6 Å². The molecule has 9 heteroatoms. The van der Waals surface area contributed by atoms with Crippen molar-refractivity contribution in [2.45, 2.75) is 139 Å². The van der Waals surface area contributed by atoms with Crippen molar-refractivity contribution in [3.8, 4) is 0 Å². The molecule has 2 aliphatic heterocycles. The van der Waals surface area contributed by atoms with Gasteiger partial charge in [0.05, 0.1) is 24.7 Å². The molecule has 4 fully saturated rings. The third-order valence-corrected chi connectivity index (χ3v) is 12.9. The highest BCUT2D eigenvalue weighted by molar-refractivity contribution is 5.70. The van der Waals surface area contributed by atoms with Gasteiger partial charge in [0.15, 0.2) is 0 Å². The summed E-state index contributed by atoms with van der Waals surface area (Å²) in [7, 11) is 2.02. The molecule has 49 heavy (non-hydrogen) atoms. The van der Waals surface area contributed by atoms with Gasteiger partial charge in [-0.3, -0.25) is 14.4 Å². The summed E-state index contributed by atoms with van der Waals surface area (Å²) in [5, 5.41) is 22.1. The molecule has 2 bridgehead atoms. The Labute approximate surface area is 291 Å². The average molecular weight is 666 g/mol. The van der Waals surface area contributed by atoms with E-state index in [1.165, 1.54) is 73.8 Å². The van der Waals surface area contributed by atoms with Crippen molar-refractivity contribution in [2.75, 3.05) is 11.9 Å². The summed E-state index contributed by atoms with van der Waals surface area (Å²) in [6.07, 6.45) is 22.4. The highest BCUT2D eigenvalue weighted by Gasteiger charge is 2.44. The molecule has 2 saturated heterocycles. The van der Waals surface area contributed by atoms with Crippen molar-refractivity contribution in [1.29, 1.82) is 0 Å². The van der Waals surface area contributed by atoms with Crippen molar-refractivity contribution in [3.05, 3.63) is 70.9 Å². The van der Waals surface area contributed by atoms with Crippen LogP contribution in [0.5, 0.6) is 0 Å². The predicted molar refractivity (Wildman–Crippen MR) is 191 cm³/mol. The minimum atomic E-state index is -0.619. The highest BCUT2D eigenvalue weighted by Crippen LogP contribution is 2.45. The Morgan fingerprint density at radius 1 is 0.980 bits per heavy atom. The number of fused-ring (bicyclic) bond motifs is 3. The maximum absolute atomic E-state index is 11.5. The number of hydrogen-bond acceptors (Lipinski definition) is 7. The fraction of sp³-hybridized carbons (Fsp3) is 0.650. The van der Waals surface area contributed by atoms with Crippen molar-refractivity contribution in [3.63, 3.8) is 0 Å². The Kier molecular flexibility index (Phi) is 9.49. The van der Waals surface area contributed by atoms with Gasteiger partial charge in [0, 0.05) is 54.2 Å². The van der Waals surface area contributed by atoms with E-state index in [1.54, 1.807) is 0 Å². The van der Waals surface area contributed by atoms with Crippen LogP contribution in [-0.2, 0) is 31.2 Å². The molecule has 3 N–H and O–H groups in total. The van der Waals surface area contributed by atoms with Gasteiger partial charge in [0.1, 0.15) is 11.6 Å². The molecule has 2 aromatic heterocycles. The summed E-state index contributed by atoms with van der Waals surface area (Å²) in [6, 6.07) is 12.5. The van der Waals surface area contributed by atoms with Crippen molar-refractivity contribution >= 4 is 11.8 Å². The second-order valence-electron chi connectivity index (χ2n) is 16.2. The number of nitrogens with zero attached hydrogens (tertiary/aromatic N) is 5. The molecule has 0 unspecified atom stereocenters. The van der Waals surface area contributed by atoms with Crippen molar-refractivity contribution in [2.24, 2.45) is 18.9 Å². The Bertz CT molecular complexity index is 1570. The van der Waals surface area contributed by atoms with Crippen LogP contribution in [-0.4, -0.2) is 59.9 Å². The molecule has 4 heterocycles. The fourth-order valence-electron chi connectivity index (χ4n) is 9.86. The lowest BCUT2D eigenvalue weighted by molar-refractivity contribution is -0.143. The normalized spacial score (nSPS) is 28.4. The quantitative estimate of drug-likeness (QED) is 0.191. The van der Waals surface area contributed by atoms with Crippen LogP contribution >= 0.6 is 0 Å². The zero-order valence-corrected chi connectivity index (χ0v) is 29.3. The van der Waals surface area contributed by atoms with E-state index in [2.05, 4.69) is 57.2 Å². The maximum Gasteiger partial charge on any atom is 0.306 e. The molecule has 262 valence electrons. The number of carboxylic acid groups (broad SMARTS) is 1. The van der Waals surface area contributed by atoms with Crippen molar-refractivity contribution in [1.82, 2.24) is 30.0 Å². The van der Waals surface area contributed by atoms with E-state index >= 15 is 0 Å². The SMILES string of the molecule is Cn1cc([C@H](CN2C3CCCC2CCC3)Nc2nc(CNC3(CC4CCC(C(=O)O)CC4)CC3)nc3c2C[C@H](c2ccccc2)CC3)cn1. The molecule has 0 spiro atoms. The second-order valence-corrected chi connectivity index (χ2v) is 16.2. The first-order valence-electron chi connectivity index (χ1n) is 19.3. The monoisotopic (exact) mass is 665 g/mol. The Balaban J connectivity index is 1.05. The van der Waals surface area contributed by atoms with Crippen LogP contribution in [0.2, 0.25) is 0 Å². The van der Waals surface area contributed by atoms with E-state index < -0.39 is 5.97 Å². The molecule has 5 aliphatic rings. The summed E-state index contributed by atoms with van der Waals surface area (Å²) in [5.41, 5.74) is 5.27. The summed E-state index contributed by atoms with van der Waals surface area (Å²) in [5.74, 6) is 2.20. The van der Waals surface area contributed by atoms with Gasteiger partial charge in [0.2, 0.25) is 0 Å². The number of carboxylic acids is 1. The average Bonchev–Trinajstić information content (AvgIpc) is 3.74. The largest absolute Gasteiger partial charge is 0.481 e. The molecule has 1 aromatic carbocycles. The van der Waals surface area contributed by atoms with Crippen LogP contribution in [0.1, 0.15) is 130 Å². The van der Waals surface area contributed by atoms with E-state index in [4.69, 9.17) is 9.97 Å². The van der Waals surface area contributed by atoms with Crippen LogP contribution in [0, 0.1) is 11.8 Å². The third kappa shape index (κ3) is 7.43. The zero-order valence-electron chi connectivity index (χ0n) is 29.3. The molecule has 2 atom stereocenters. The molecule has 8 rings (SSSR count). The number of benzene rings is 1. The lowest BCUT2D eigenvalue weighted by atomic mass is 9.78. The van der Waals surface area contributed by atoms with Crippen LogP contribution < -0.4 is 10.6 Å². The molecular weight excluding hydrogens is 610 g/mol. The number of aryl methyl sites for hydroxylation is 2. The van der Waals surface area contributed by atoms with Gasteiger partial charge in [-0.15, -0.1) is 0 Å². The van der Waals surface area contributed by atoms with E-state index in [-0.39, 0.29) is 17.5 Å². The molecule has 3 aromatic rings. The van der Waals surface area contributed by atoms with Gasteiger partial charge in [-0.1, -0.05) is 43.2 Å². The van der Waals surface area contributed by atoms with Gasteiger partial charge in [-0.25, -0.2) is 9.97 Å². The summed E-state index contributed by atoms with van der Waals surface area (Å²) < 4.78 is 1.93. The summed E-state index contributed by atoms with van der Waals surface area (Å²) in [6.45, 7) is 1.64. The first kappa shape index (κ1) is 32.9. The highest BCUT2D eigenvalue weighted by atomic mass is 16.4. The first-order chi connectivity index (χ1) is 23.9. The smallest absolute Gasteiger partial charge is 0.306 e. The van der Waals surface area contributed by atoms with Gasteiger partial charge >= 0.3 is 5.97 Å². The summed E-state index contributed by atoms with van der Waals surface area (Å²) in [4.78, 5) is 24.9. The molecule has 0 amide bonds. The first-order valence-corrected chi connectivity index (χ1v) is 19.3. The second kappa shape index (κ2) is 14.1. The van der Waals surface area contributed by atoms with Crippen LogP contribution in [0.15, 0.2) is 42.7 Å². The number of aromatic nitrogens is 4. The zero-order chi connectivity index (χ0) is 33.4. The maximum atomic E-state index is 11.5. The minimum absolute atomic E-state index is 0.0996. The Morgan fingerprint density at radius 3 is 2.37 bits per heavy atom. The van der Waals surface area contributed by atoms with Crippen molar-refractivity contribution < 1.29 is 9.90 Å². The van der Waals surface area contributed by atoms with Crippen LogP contribution in [0.3, 0.4) is 0 Å². The molecule has 2 saturated carbocycles. The van der Waals surface area contributed by atoms with Crippen LogP contribution in [0.25, 0.3) is 0 Å². The van der Waals surface area contributed by atoms with E-state index in [9.17, 15) is 9.90 Å². The lowest BCUT2D eigenvalue weighted by Crippen LogP contribution is -2.51. The van der Waals surface area contributed by atoms with Gasteiger partial charge in [-0.2, -0.15) is 5.10 Å².